The molecule has 2 N–H and O–H groups in total. The van der Waals surface area contributed by atoms with Crippen LogP contribution in [0.3, 0.4) is 0 Å². The summed E-state index contributed by atoms with van der Waals surface area (Å²) in [4.78, 5) is 2.36. The lowest BCUT2D eigenvalue weighted by molar-refractivity contribution is 0.0285. The molecule has 4 heteroatoms. The molecule has 0 aliphatic carbocycles. The Balaban J connectivity index is 1.92. The van der Waals surface area contributed by atoms with E-state index in [4.69, 9.17) is 4.74 Å². The quantitative estimate of drug-likeness (QED) is 0.844. The second kappa shape index (κ2) is 5.59. The molecule has 0 aromatic heterocycles. The lowest BCUT2D eigenvalue weighted by Crippen LogP contribution is -2.43. The van der Waals surface area contributed by atoms with Gasteiger partial charge in [0.25, 0.3) is 0 Å². The van der Waals surface area contributed by atoms with Gasteiger partial charge in [-0.05, 0) is 38.1 Å². The van der Waals surface area contributed by atoms with Gasteiger partial charge in [-0.25, -0.2) is 0 Å². The molecule has 1 aliphatic heterocycles. The maximum Gasteiger partial charge on any atom is 0.119 e. The highest BCUT2D eigenvalue weighted by atomic mass is 16.5. The van der Waals surface area contributed by atoms with Crippen LogP contribution in [0.25, 0.3) is 0 Å². The van der Waals surface area contributed by atoms with Crippen LogP contribution in [0.15, 0.2) is 24.3 Å². The first-order valence-electron chi connectivity index (χ1n) is 6.45. The van der Waals surface area contributed by atoms with Crippen LogP contribution in [0.2, 0.25) is 0 Å². The Bertz CT molecular complexity index is 364. The summed E-state index contributed by atoms with van der Waals surface area (Å²) in [5, 5.41) is 12.9. The predicted octanol–water partition coefficient (Wildman–Crippen LogP) is 1.25. The molecule has 0 saturated carbocycles. The van der Waals surface area contributed by atoms with Crippen molar-refractivity contribution in [1.29, 1.82) is 0 Å². The van der Waals surface area contributed by atoms with Gasteiger partial charge in [0, 0.05) is 31.9 Å². The number of hydrogen-bond donors (Lipinski definition) is 2. The van der Waals surface area contributed by atoms with Crippen LogP contribution in [0.4, 0.5) is 5.69 Å². The predicted molar refractivity (Wildman–Crippen MR) is 73.3 cm³/mol. The van der Waals surface area contributed by atoms with Crippen LogP contribution >= 0.6 is 0 Å². The fraction of sp³-hybridized carbons (Fsp3) is 0.571. The Labute approximate surface area is 109 Å². The fourth-order valence-electron chi connectivity index (χ4n) is 1.94. The van der Waals surface area contributed by atoms with Gasteiger partial charge in [0.1, 0.15) is 12.4 Å². The topological polar surface area (TPSA) is 44.7 Å². The van der Waals surface area contributed by atoms with Crippen molar-refractivity contribution in [2.75, 3.05) is 37.7 Å². The van der Waals surface area contributed by atoms with Crippen molar-refractivity contribution < 1.29 is 9.84 Å². The van der Waals surface area contributed by atoms with Crippen LogP contribution in [0.1, 0.15) is 13.8 Å². The van der Waals surface area contributed by atoms with E-state index < -0.39 is 5.60 Å². The van der Waals surface area contributed by atoms with Crippen LogP contribution in [0, 0.1) is 0 Å². The Morgan fingerprint density at radius 3 is 2.39 bits per heavy atom. The molecular formula is C14H22N2O2. The second-order valence-corrected chi connectivity index (χ2v) is 5.33. The first kappa shape index (κ1) is 13.2. The normalized spacial score (nSPS) is 16.7. The van der Waals surface area contributed by atoms with E-state index in [0.29, 0.717) is 6.61 Å². The van der Waals surface area contributed by atoms with E-state index in [1.54, 1.807) is 13.8 Å². The minimum absolute atomic E-state index is 0.306. The first-order valence-corrected chi connectivity index (χ1v) is 6.45. The number of nitrogens with zero attached hydrogens (tertiary/aromatic N) is 1. The molecule has 100 valence electrons. The lowest BCUT2D eigenvalue weighted by atomic mass is 10.2. The van der Waals surface area contributed by atoms with Crippen molar-refractivity contribution in [3.63, 3.8) is 0 Å². The van der Waals surface area contributed by atoms with Crippen molar-refractivity contribution in [2.45, 2.75) is 19.4 Å². The summed E-state index contributed by atoms with van der Waals surface area (Å²) in [6.45, 7) is 7.95. The monoisotopic (exact) mass is 250 g/mol. The zero-order valence-corrected chi connectivity index (χ0v) is 11.1. The molecular weight excluding hydrogens is 228 g/mol. The molecule has 1 aromatic carbocycles. The van der Waals surface area contributed by atoms with Crippen molar-refractivity contribution in [3.05, 3.63) is 24.3 Å². The zero-order valence-electron chi connectivity index (χ0n) is 11.1. The van der Waals surface area contributed by atoms with E-state index in [-0.39, 0.29) is 0 Å². The molecule has 0 atom stereocenters. The van der Waals surface area contributed by atoms with Gasteiger partial charge in [0.2, 0.25) is 0 Å². The van der Waals surface area contributed by atoms with Crippen molar-refractivity contribution in [2.24, 2.45) is 0 Å². The summed E-state index contributed by atoms with van der Waals surface area (Å²) >= 11 is 0. The third-order valence-electron chi connectivity index (χ3n) is 2.91. The Morgan fingerprint density at radius 2 is 1.83 bits per heavy atom. The molecule has 0 bridgehead atoms. The maximum absolute atomic E-state index is 9.60. The summed E-state index contributed by atoms with van der Waals surface area (Å²) in [5.41, 5.74) is 0.434. The van der Waals surface area contributed by atoms with Gasteiger partial charge < -0.3 is 20.1 Å². The minimum Gasteiger partial charge on any atom is -0.491 e. The average molecular weight is 250 g/mol. The molecule has 1 aliphatic rings. The Kier molecular flexibility index (Phi) is 4.09. The largest absolute Gasteiger partial charge is 0.491 e. The zero-order chi connectivity index (χ0) is 13.0. The van der Waals surface area contributed by atoms with Gasteiger partial charge in [-0.2, -0.15) is 0 Å². The molecule has 0 radical (unpaired) electrons. The number of anilines is 1. The van der Waals surface area contributed by atoms with Crippen LogP contribution < -0.4 is 15.0 Å². The molecule has 4 nitrogen and oxygen atoms in total. The number of hydrogen-bond acceptors (Lipinski definition) is 4. The van der Waals surface area contributed by atoms with Gasteiger partial charge in [-0.3, -0.25) is 0 Å². The van der Waals surface area contributed by atoms with Crippen LogP contribution in [-0.2, 0) is 0 Å². The Hall–Kier alpha value is -1.26. The molecule has 1 aromatic rings. The van der Waals surface area contributed by atoms with E-state index in [9.17, 15) is 5.11 Å². The van der Waals surface area contributed by atoms with E-state index in [2.05, 4.69) is 22.3 Å². The second-order valence-electron chi connectivity index (χ2n) is 5.33. The Morgan fingerprint density at radius 1 is 1.22 bits per heavy atom. The van der Waals surface area contributed by atoms with Crippen molar-refractivity contribution in [1.82, 2.24) is 5.32 Å². The molecule has 1 heterocycles. The summed E-state index contributed by atoms with van der Waals surface area (Å²) in [7, 11) is 0. The number of aliphatic hydroxyl groups is 1. The van der Waals surface area contributed by atoms with E-state index >= 15 is 0 Å². The number of rotatable bonds is 4. The maximum atomic E-state index is 9.60. The molecule has 0 unspecified atom stereocenters. The van der Waals surface area contributed by atoms with Gasteiger partial charge in [0.05, 0.1) is 5.60 Å². The lowest BCUT2D eigenvalue weighted by Gasteiger charge is -2.29. The highest BCUT2D eigenvalue weighted by Gasteiger charge is 2.14. The smallest absolute Gasteiger partial charge is 0.119 e. The third kappa shape index (κ3) is 3.89. The first-order chi connectivity index (χ1) is 8.54. The third-order valence-corrected chi connectivity index (χ3v) is 2.91. The van der Waals surface area contributed by atoms with Crippen LogP contribution in [-0.4, -0.2) is 43.5 Å². The summed E-state index contributed by atoms with van der Waals surface area (Å²) in [6.07, 6.45) is 0. The summed E-state index contributed by atoms with van der Waals surface area (Å²) in [6, 6.07) is 8.07. The van der Waals surface area contributed by atoms with Gasteiger partial charge in [0.15, 0.2) is 0 Å². The highest BCUT2D eigenvalue weighted by molar-refractivity contribution is 5.49. The van der Waals surface area contributed by atoms with E-state index in [1.165, 1.54) is 5.69 Å². The van der Waals surface area contributed by atoms with Crippen molar-refractivity contribution in [3.8, 4) is 5.75 Å². The van der Waals surface area contributed by atoms with Crippen molar-refractivity contribution >= 4 is 5.69 Å². The van der Waals surface area contributed by atoms with E-state index in [0.717, 1.165) is 31.9 Å². The van der Waals surface area contributed by atoms with Crippen LogP contribution in [0.5, 0.6) is 5.75 Å². The van der Waals surface area contributed by atoms with Gasteiger partial charge in [-0.1, -0.05) is 0 Å². The SMILES string of the molecule is CC(C)(O)COc1ccc(N2CCNCC2)cc1. The van der Waals surface area contributed by atoms with Gasteiger partial charge in [-0.15, -0.1) is 0 Å². The number of nitrogens with one attached hydrogen (secondary N) is 1. The molecule has 2 rings (SSSR count). The molecule has 0 spiro atoms. The number of benzene rings is 1. The van der Waals surface area contributed by atoms with Gasteiger partial charge >= 0.3 is 0 Å². The molecule has 1 saturated heterocycles. The number of ether oxygens (including phenoxy) is 1. The molecule has 1 fully saturated rings. The standard InChI is InChI=1S/C14H22N2O2/c1-14(2,17)11-18-13-5-3-12(4-6-13)16-9-7-15-8-10-16/h3-6,15,17H,7-11H2,1-2H3. The highest BCUT2D eigenvalue weighted by Crippen LogP contribution is 2.20. The molecule has 0 amide bonds. The summed E-state index contributed by atoms with van der Waals surface area (Å²) < 4.78 is 5.53. The fourth-order valence-corrected chi connectivity index (χ4v) is 1.94. The summed E-state index contributed by atoms with van der Waals surface area (Å²) in [5.74, 6) is 0.802. The average Bonchev–Trinajstić information content (AvgIpc) is 2.37. The molecule has 18 heavy (non-hydrogen) atoms. The van der Waals surface area contributed by atoms with E-state index in [1.807, 2.05) is 12.1 Å². The minimum atomic E-state index is -0.794. The number of piperazine rings is 1.